The van der Waals surface area contributed by atoms with Gasteiger partial charge in [-0.3, -0.25) is 10.00 Å². The van der Waals surface area contributed by atoms with Crippen molar-refractivity contribution in [3.05, 3.63) is 75.9 Å². The van der Waals surface area contributed by atoms with E-state index in [1.165, 1.54) is 0 Å². The number of aryl methyl sites for hydroxylation is 1. The Labute approximate surface area is 221 Å². The number of hydrogen-bond donors (Lipinski definition) is 1. The first-order chi connectivity index (χ1) is 17.4. The molecular formula is C28H35BrN4O3. The number of carbonyl (C=O) groups excluding carboxylic acids is 1. The lowest BCUT2D eigenvalue weighted by atomic mass is 9.97. The van der Waals surface area contributed by atoms with Crippen LogP contribution >= 0.6 is 15.9 Å². The molecule has 0 atom stereocenters. The summed E-state index contributed by atoms with van der Waals surface area (Å²) in [6.07, 6.45) is 1.65. The molecule has 1 fully saturated rings. The Morgan fingerprint density at radius 2 is 1.89 bits per heavy atom. The second-order valence-electron chi connectivity index (χ2n) is 9.65. The molecular weight excluding hydrogens is 520 g/mol. The van der Waals surface area contributed by atoms with Crippen LogP contribution in [-0.2, 0) is 17.9 Å². The van der Waals surface area contributed by atoms with Gasteiger partial charge in [0, 0.05) is 27.8 Å². The van der Waals surface area contributed by atoms with Crippen molar-refractivity contribution in [2.24, 2.45) is 5.92 Å². The maximum absolute atomic E-state index is 12.4. The number of anilines is 1. The molecule has 0 saturated carbocycles. The third-order valence-corrected chi connectivity index (χ3v) is 7.11. The van der Waals surface area contributed by atoms with E-state index in [9.17, 15) is 4.79 Å². The number of likely N-dealkylation sites (tertiary alicyclic amines) is 1. The molecule has 0 unspecified atom stereocenters. The minimum absolute atomic E-state index is 0.413. The Kier molecular flexibility index (Phi) is 9.04. The van der Waals surface area contributed by atoms with Crippen LogP contribution in [-0.4, -0.2) is 46.5 Å². The molecule has 1 amide bonds. The lowest BCUT2D eigenvalue weighted by Gasteiger charge is -2.34. The predicted octanol–water partition coefficient (Wildman–Crippen LogP) is 6.25. The number of hydrogen-bond acceptors (Lipinski definition) is 5. The van der Waals surface area contributed by atoms with Gasteiger partial charge in [-0.15, -0.1) is 0 Å². The van der Waals surface area contributed by atoms with Gasteiger partial charge < -0.3 is 14.4 Å². The van der Waals surface area contributed by atoms with Gasteiger partial charge >= 0.3 is 6.09 Å². The molecule has 1 N–H and O–H groups in total. The van der Waals surface area contributed by atoms with Crippen LogP contribution in [0.15, 0.2) is 59.1 Å². The second-order valence-corrected chi connectivity index (χ2v) is 10.6. The summed E-state index contributed by atoms with van der Waals surface area (Å²) >= 11 is 3.56. The smallest absolute Gasteiger partial charge is 0.412 e. The second kappa shape index (κ2) is 12.4. The van der Waals surface area contributed by atoms with E-state index in [2.05, 4.69) is 45.1 Å². The zero-order valence-electron chi connectivity index (χ0n) is 21.2. The van der Waals surface area contributed by atoms with Crippen LogP contribution in [0.3, 0.4) is 0 Å². The van der Waals surface area contributed by atoms with Crippen LogP contribution in [0.2, 0.25) is 0 Å². The highest BCUT2D eigenvalue weighted by atomic mass is 79.9. The molecule has 4 rings (SSSR count). The van der Waals surface area contributed by atoms with E-state index >= 15 is 0 Å². The zero-order valence-corrected chi connectivity index (χ0v) is 22.8. The van der Waals surface area contributed by atoms with Gasteiger partial charge in [0.1, 0.15) is 12.4 Å². The average Bonchev–Trinajstić information content (AvgIpc) is 3.21. The average molecular weight is 556 g/mol. The predicted molar refractivity (Wildman–Crippen MR) is 145 cm³/mol. The first-order valence-electron chi connectivity index (χ1n) is 12.5. The van der Waals surface area contributed by atoms with Crippen molar-refractivity contribution >= 4 is 27.8 Å². The van der Waals surface area contributed by atoms with Crippen molar-refractivity contribution in [3.8, 4) is 5.75 Å². The van der Waals surface area contributed by atoms with E-state index in [4.69, 9.17) is 9.47 Å². The van der Waals surface area contributed by atoms with Crippen LogP contribution in [0.4, 0.5) is 10.6 Å². The minimum atomic E-state index is -0.458. The van der Waals surface area contributed by atoms with Crippen molar-refractivity contribution in [2.75, 3.05) is 25.0 Å². The van der Waals surface area contributed by atoms with Crippen LogP contribution < -0.4 is 10.1 Å². The summed E-state index contributed by atoms with van der Waals surface area (Å²) in [5, 5.41) is 7.37. The molecule has 0 radical (unpaired) electrons. The normalized spacial score (nSPS) is 14.7. The lowest BCUT2D eigenvalue weighted by Crippen LogP contribution is -2.39. The molecule has 0 spiro atoms. The third-order valence-electron chi connectivity index (χ3n) is 6.62. The molecule has 0 aliphatic carbocycles. The third kappa shape index (κ3) is 7.34. The van der Waals surface area contributed by atoms with Gasteiger partial charge in [-0.25, -0.2) is 4.79 Å². The van der Waals surface area contributed by atoms with E-state index in [-0.39, 0.29) is 0 Å². The van der Waals surface area contributed by atoms with Crippen molar-refractivity contribution in [2.45, 2.75) is 52.8 Å². The SMILES string of the molecule is Cc1cc(NC(=O)OCC2CCN(C(C)C)CC2)nn1Cc1cc(Br)ccc1OCc1ccccc1. The molecule has 2 aromatic carbocycles. The summed E-state index contributed by atoms with van der Waals surface area (Å²) in [5.41, 5.74) is 3.03. The Bertz CT molecular complexity index is 1140. The minimum Gasteiger partial charge on any atom is -0.489 e. The summed E-state index contributed by atoms with van der Waals surface area (Å²) in [4.78, 5) is 14.9. The molecule has 0 bridgehead atoms. The fourth-order valence-corrected chi connectivity index (χ4v) is 4.82. The highest BCUT2D eigenvalue weighted by molar-refractivity contribution is 9.10. The number of aromatic nitrogens is 2. The Balaban J connectivity index is 1.32. The Hall–Kier alpha value is -2.84. The topological polar surface area (TPSA) is 68.6 Å². The quantitative estimate of drug-likeness (QED) is 0.338. The van der Waals surface area contributed by atoms with Crippen molar-refractivity contribution < 1.29 is 14.3 Å². The molecule has 192 valence electrons. The molecule has 3 aromatic rings. The van der Waals surface area contributed by atoms with E-state index < -0.39 is 6.09 Å². The number of piperidine rings is 1. The number of ether oxygens (including phenoxy) is 2. The molecule has 1 aliphatic heterocycles. The van der Waals surface area contributed by atoms with E-state index in [0.717, 1.165) is 53.0 Å². The maximum atomic E-state index is 12.4. The van der Waals surface area contributed by atoms with Gasteiger partial charge in [-0.05, 0) is 76.4 Å². The van der Waals surface area contributed by atoms with Gasteiger partial charge in [-0.2, -0.15) is 5.10 Å². The van der Waals surface area contributed by atoms with Gasteiger partial charge in [0.25, 0.3) is 0 Å². The highest BCUT2D eigenvalue weighted by Crippen LogP contribution is 2.26. The Morgan fingerprint density at radius 3 is 2.61 bits per heavy atom. The zero-order chi connectivity index (χ0) is 25.5. The number of rotatable bonds is 9. The van der Waals surface area contributed by atoms with E-state index in [0.29, 0.717) is 37.5 Å². The largest absolute Gasteiger partial charge is 0.489 e. The van der Waals surface area contributed by atoms with E-state index in [1.807, 2.05) is 66.2 Å². The summed E-state index contributed by atoms with van der Waals surface area (Å²) in [7, 11) is 0. The molecule has 2 heterocycles. The summed E-state index contributed by atoms with van der Waals surface area (Å²) in [5.74, 6) is 1.69. The monoisotopic (exact) mass is 554 g/mol. The molecule has 1 aliphatic rings. The van der Waals surface area contributed by atoms with Crippen LogP contribution in [0.1, 0.15) is 43.5 Å². The van der Waals surface area contributed by atoms with Crippen molar-refractivity contribution in [1.82, 2.24) is 14.7 Å². The standard InChI is InChI=1S/C28H35BrN4O3/c1-20(2)32-13-11-23(12-14-32)19-36-28(34)30-27-15-21(3)33(31-27)17-24-16-25(29)9-10-26(24)35-18-22-7-5-4-6-8-22/h4-10,15-16,20,23H,11-14,17-19H2,1-3H3,(H,30,31,34). The van der Waals surface area contributed by atoms with Crippen molar-refractivity contribution in [1.29, 1.82) is 0 Å². The molecule has 36 heavy (non-hydrogen) atoms. The summed E-state index contributed by atoms with van der Waals surface area (Å²) < 4.78 is 14.5. The Morgan fingerprint density at radius 1 is 1.14 bits per heavy atom. The van der Waals surface area contributed by atoms with Gasteiger partial charge in [0.05, 0.1) is 13.2 Å². The molecule has 1 saturated heterocycles. The van der Waals surface area contributed by atoms with Gasteiger partial charge in [-0.1, -0.05) is 46.3 Å². The van der Waals surface area contributed by atoms with Crippen molar-refractivity contribution in [3.63, 3.8) is 0 Å². The number of benzene rings is 2. The number of halogens is 1. The highest BCUT2D eigenvalue weighted by Gasteiger charge is 2.22. The summed E-state index contributed by atoms with van der Waals surface area (Å²) in [6, 6.07) is 18.5. The fourth-order valence-electron chi connectivity index (χ4n) is 4.41. The van der Waals surface area contributed by atoms with Crippen LogP contribution in [0, 0.1) is 12.8 Å². The van der Waals surface area contributed by atoms with Gasteiger partial charge in [0.2, 0.25) is 0 Å². The maximum Gasteiger partial charge on any atom is 0.412 e. The molecule has 7 nitrogen and oxygen atoms in total. The number of nitrogens with zero attached hydrogens (tertiary/aromatic N) is 3. The first-order valence-corrected chi connectivity index (χ1v) is 13.3. The first kappa shape index (κ1) is 26.2. The number of amides is 1. The van der Waals surface area contributed by atoms with Gasteiger partial charge in [0.15, 0.2) is 5.82 Å². The lowest BCUT2D eigenvalue weighted by molar-refractivity contribution is 0.0934. The molecule has 1 aromatic heterocycles. The number of nitrogens with one attached hydrogen (secondary N) is 1. The fraction of sp³-hybridized carbons (Fsp3) is 0.429. The molecule has 8 heteroatoms. The number of carbonyl (C=O) groups is 1. The van der Waals surface area contributed by atoms with Crippen LogP contribution in [0.25, 0.3) is 0 Å². The summed E-state index contributed by atoms with van der Waals surface area (Å²) in [6.45, 7) is 9.98. The van der Waals surface area contributed by atoms with E-state index in [1.54, 1.807) is 0 Å². The van der Waals surface area contributed by atoms with Crippen LogP contribution in [0.5, 0.6) is 5.75 Å².